The summed E-state index contributed by atoms with van der Waals surface area (Å²) in [7, 11) is 0. The summed E-state index contributed by atoms with van der Waals surface area (Å²) in [5, 5.41) is 23.4. The van der Waals surface area contributed by atoms with E-state index in [9.17, 15) is 9.90 Å². The molecule has 0 aliphatic carbocycles. The highest BCUT2D eigenvalue weighted by Crippen LogP contribution is 2.30. The van der Waals surface area contributed by atoms with Gasteiger partial charge in [0.2, 0.25) is 4.34 Å². The SMILES string of the molecule is CC(=NNC(=O)CSc1n[nH+]c(SCc2ccccc2Cl)s1)c1cccc([O-])c1. The van der Waals surface area contributed by atoms with Gasteiger partial charge in [-0.15, -0.1) is 5.75 Å². The van der Waals surface area contributed by atoms with Crippen LogP contribution in [0.3, 0.4) is 0 Å². The first kappa shape index (κ1) is 21.6. The van der Waals surface area contributed by atoms with E-state index >= 15 is 0 Å². The summed E-state index contributed by atoms with van der Waals surface area (Å²) in [5.74, 6) is 0.589. The molecule has 0 bridgehead atoms. The summed E-state index contributed by atoms with van der Waals surface area (Å²) in [6.45, 7) is 1.74. The summed E-state index contributed by atoms with van der Waals surface area (Å²) in [4.78, 5) is 12.0. The molecule has 2 aromatic carbocycles. The van der Waals surface area contributed by atoms with Gasteiger partial charge in [-0.05, 0) is 47.2 Å². The molecule has 0 unspecified atom stereocenters. The minimum atomic E-state index is -0.243. The lowest BCUT2D eigenvalue weighted by atomic mass is 10.1. The van der Waals surface area contributed by atoms with Crippen LogP contribution in [-0.4, -0.2) is 22.5 Å². The fourth-order valence-corrected chi connectivity index (χ4v) is 5.36. The largest absolute Gasteiger partial charge is 0.872 e. The molecular formula is C19H17ClN4O2S3. The average molecular weight is 465 g/mol. The molecule has 2 N–H and O–H groups in total. The number of thioether (sulfide) groups is 2. The number of nitrogens with one attached hydrogen (secondary N) is 2. The summed E-state index contributed by atoms with van der Waals surface area (Å²) in [5.41, 5.74) is 4.82. The van der Waals surface area contributed by atoms with Gasteiger partial charge in [-0.3, -0.25) is 4.79 Å². The predicted molar refractivity (Wildman–Crippen MR) is 117 cm³/mol. The van der Waals surface area contributed by atoms with Crippen molar-refractivity contribution in [1.82, 2.24) is 10.5 Å². The molecule has 29 heavy (non-hydrogen) atoms. The molecular weight excluding hydrogens is 448 g/mol. The van der Waals surface area contributed by atoms with Crippen molar-refractivity contribution in [3.05, 3.63) is 64.7 Å². The Kier molecular flexibility index (Phi) is 7.93. The van der Waals surface area contributed by atoms with Crippen LogP contribution in [0.5, 0.6) is 5.75 Å². The van der Waals surface area contributed by atoms with E-state index in [0.29, 0.717) is 11.3 Å². The maximum Gasteiger partial charge on any atom is 0.323 e. The number of H-pyrrole nitrogens is 1. The maximum atomic E-state index is 12.0. The second-order valence-corrected chi connectivity index (χ2v) is 9.68. The minimum Gasteiger partial charge on any atom is -0.872 e. The van der Waals surface area contributed by atoms with Crippen LogP contribution in [0.1, 0.15) is 18.1 Å². The number of amides is 1. The van der Waals surface area contributed by atoms with Crippen molar-refractivity contribution in [3.63, 3.8) is 0 Å². The first-order valence-corrected chi connectivity index (χ1v) is 11.7. The van der Waals surface area contributed by atoms with Crippen LogP contribution in [0.2, 0.25) is 5.02 Å². The van der Waals surface area contributed by atoms with Crippen LogP contribution < -0.4 is 15.6 Å². The van der Waals surface area contributed by atoms with Crippen molar-refractivity contribution in [3.8, 4) is 5.75 Å². The first-order valence-electron chi connectivity index (χ1n) is 8.49. The molecule has 10 heteroatoms. The van der Waals surface area contributed by atoms with E-state index in [2.05, 4.69) is 20.7 Å². The Morgan fingerprint density at radius 3 is 2.90 bits per heavy atom. The number of aromatic amines is 1. The Morgan fingerprint density at radius 1 is 1.28 bits per heavy atom. The smallest absolute Gasteiger partial charge is 0.323 e. The van der Waals surface area contributed by atoms with Gasteiger partial charge >= 0.3 is 4.34 Å². The summed E-state index contributed by atoms with van der Waals surface area (Å²) in [6.07, 6.45) is 0. The van der Waals surface area contributed by atoms with Crippen LogP contribution in [0.25, 0.3) is 0 Å². The first-order chi connectivity index (χ1) is 14.0. The lowest BCUT2D eigenvalue weighted by molar-refractivity contribution is -0.492. The third kappa shape index (κ3) is 6.74. The molecule has 0 fully saturated rings. The second kappa shape index (κ2) is 10.6. The van der Waals surface area contributed by atoms with Crippen molar-refractivity contribution >= 4 is 58.1 Å². The minimum absolute atomic E-state index is 0.0952. The lowest BCUT2D eigenvalue weighted by Crippen LogP contribution is -2.21. The van der Waals surface area contributed by atoms with Gasteiger partial charge < -0.3 is 5.11 Å². The molecule has 150 valence electrons. The molecule has 0 radical (unpaired) electrons. The Labute approximate surface area is 185 Å². The summed E-state index contributed by atoms with van der Waals surface area (Å²) < 4.78 is 1.71. The topological polar surface area (TPSA) is 91.6 Å². The van der Waals surface area contributed by atoms with E-state index in [1.165, 1.54) is 35.2 Å². The second-order valence-electron chi connectivity index (χ2n) is 5.81. The van der Waals surface area contributed by atoms with Crippen molar-refractivity contribution in [2.24, 2.45) is 5.10 Å². The normalized spacial score (nSPS) is 11.4. The standard InChI is InChI=1S/C19H17ClN4O2S3/c1-12(13-6-4-7-15(25)9-13)21-22-17(26)11-28-19-24-23-18(29-19)27-10-14-5-2-3-8-16(14)20/h2-9,25H,10-11H2,1H3,(H,22,26). The number of nitrogens with zero attached hydrogens (tertiary/aromatic N) is 2. The van der Waals surface area contributed by atoms with E-state index in [0.717, 1.165) is 25.0 Å². The van der Waals surface area contributed by atoms with E-state index in [4.69, 9.17) is 11.6 Å². The fourth-order valence-electron chi connectivity index (χ4n) is 2.19. The average Bonchev–Trinajstić information content (AvgIpc) is 3.18. The van der Waals surface area contributed by atoms with Crippen molar-refractivity contribution in [2.75, 3.05) is 5.75 Å². The fraction of sp³-hybridized carbons (Fsp3) is 0.158. The zero-order valence-electron chi connectivity index (χ0n) is 15.3. The molecule has 0 saturated heterocycles. The zero-order valence-corrected chi connectivity index (χ0v) is 18.6. The van der Waals surface area contributed by atoms with Crippen LogP contribution in [-0.2, 0) is 10.5 Å². The van der Waals surface area contributed by atoms with Gasteiger partial charge in [0.1, 0.15) is 0 Å². The Hall–Kier alpha value is -2.07. The molecule has 0 aliphatic rings. The number of carbonyl (C=O) groups excluding carboxylic acids is 1. The molecule has 1 amide bonds. The number of rotatable bonds is 8. The monoisotopic (exact) mass is 464 g/mol. The number of aromatic nitrogens is 2. The Balaban J connectivity index is 1.46. The van der Waals surface area contributed by atoms with Crippen molar-refractivity contribution < 1.29 is 15.0 Å². The number of hydrogen-bond acceptors (Lipinski definition) is 7. The van der Waals surface area contributed by atoms with E-state index < -0.39 is 0 Å². The third-order valence-electron chi connectivity index (χ3n) is 3.66. The van der Waals surface area contributed by atoms with Crippen LogP contribution in [0.4, 0.5) is 0 Å². The molecule has 6 nitrogen and oxygen atoms in total. The quantitative estimate of drug-likeness (QED) is 0.312. The van der Waals surface area contributed by atoms with Gasteiger partial charge in [0, 0.05) is 15.9 Å². The van der Waals surface area contributed by atoms with Crippen LogP contribution >= 0.6 is 46.5 Å². The van der Waals surface area contributed by atoms with E-state index in [-0.39, 0.29) is 17.4 Å². The van der Waals surface area contributed by atoms with Gasteiger partial charge in [0.25, 0.3) is 5.91 Å². The lowest BCUT2D eigenvalue weighted by Gasteiger charge is -2.07. The molecule has 1 aromatic heterocycles. The Morgan fingerprint density at radius 2 is 2.10 bits per heavy atom. The summed E-state index contributed by atoms with van der Waals surface area (Å²) >= 11 is 10.6. The Bertz CT molecular complexity index is 1030. The predicted octanol–water partition coefficient (Wildman–Crippen LogP) is 3.61. The summed E-state index contributed by atoms with van der Waals surface area (Å²) in [6, 6.07) is 14.1. The highest BCUT2D eigenvalue weighted by molar-refractivity contribution is 8.03. The number of halogens is 1. The molecule has 1 heterocycles. The molecule has 3 rings (SSSR count). The zero-order chi connectivity index (χ0) is 20.6. The number of benzene rings is 2. The molecule has 3 aromatic rings. The van der Waals surface area contributed by atoms with Crippen LogP contribution in [0.15, 0.2) is 62.3 Å². The maximum absolute atomic E-state index is 12.0. The number of hydrogen-bond donors (Lipinski definition) is 1. The molecule has 0 aliphatic heterocycles. The van der Waals surface area contributed by atoms with Gasteiger partial charge in [-0.2, -0.15) is 5.10 Å². The highest BCUT2D eigenvalue weighted by atomic mass is 35.5. The van der Waals surface area contributed by atoms with Gasteiger partial charge in [0.05, 0.1) is 11.5 Å². The number of hydrazone groups is 1. The molecule has 0 saturated carbocycles. The van der Waals surface area contributed by atoms with Gasteiger partial charge in [-0.1, -0.05) is 70.9 Å². The van der Waals surface area contributed by atoms with Gasteiger partial charge in [0.15, 0.2) is 0 Å². The van der Waals surface area contributed by atoms with Crippen molar-refractivity contribution in [2.45, 2.75) is 21.4 Å². The number of carbonyl (C=O) groups is 1. The van der Waals surface area contributed by atoms with E-state index in [1.807, 2.05) is 24.3 Å². The van der Waals surface area contributed by atoms with Crippen molar-refractivity contribution in [1.29, 1.82) is 0 Å². The van der Waals surface area contributed by atoms with Gasteiger partial charge in [-0.25, -0.2) is 5.43 Å². The highest BCUT2D eigenvalue weighted by Gasteiger charge is 2.14. The third-order valence-corrected chi connectivity index (χ3v) is 7.33. The molecule has 0 atom stereocenters. The van der Waals surface area contributed by atoms with E-state index in [1.54, 1.807) is 30.8 Å². The molecule has 0 spiro atoms. The van der Waals surface area contributed by atoms with Crippen LogP contribution in [0, 0.1) is 0 Å².